The van der Waals surface area contributed by atoms with Crippen LogP contribution in [-0.2, 0) is 14.3 Å². The zero-order chi connectivity index (χ0) is 13.5. The van der Waals surface area contributed by atoms with Gasteiger partial charge in [0.25, 0.3) is 5.91 Å². The molecule has 1 atom stereocenters. The van der Waals surface area contributed by atoms with Crippen molar-refractivity contribution in [2.75, 3.05) is 13.7 Å². The van der Waals surface area contributed by atoms with Crippen molar-refractivity contribution in [3.8, 4) is 5.75 Å². The summed E-state index contributed by atoms with van der Waals surface area (Å²) in [7, 11) is 1.27. The largest absolute Gasteiger partial charge is 0.484 e. The fourth-order valence-electron chi connectivity index (χ4n) is 1.22. The number of carbonyl (C=O) groups is 2. The second kappa shape index (κ2) is 7.00. The van der Waals surface area contributed by atoms with Crippen LogP contribution in [0.3, 0.4) is 0 Å². The van der Waals surface area contributed by atoms with Gasteiger partial charge in [-0.25, -0.2) is 4.79 Å². The molecule has 1 aromatic rings. The van der Waals surface area contributed by atoms with Gasteiger partial charge < -0.3 is 14.8 Å². The molecular weight excluding hydrogens is 302 g/mol. The summed E-state index contributed by atoms with van der Waals surface area (Å²) in [5, 5.41) is 2.47. The molecule has 0 aliphatic rings. The summed E-state index contributed by atoms with van der Waals surface area (Å²) in [5.74, 6) is -0.302. The summed E-state index contributed by atoms with van der Waals surface area (Å²) in [5.41, 5.74) is 0. The lowest BCUT2D eigenvalue weighted by Gasteiger charge is -2.12. The van der Waals surface area contributed by atoms with E-state index in [0.29, 0.717) is 5.75 Å². The highest BCUT2D eigenvalue weighted by molar-refractivity contribution is 9.10. The molecule has 1 rings (SSSR count). The van der Waals surface area contributed by atoms with E-state index in [2.05, 4.69) is 26.0 Å². The standard InChI is InChI=1S/C12H14BrNO4/c1-8(12(16)17-2)14-11(15)7-18-10-5-3-4-9(13)6-10/h3-6,8H,7H2,1-2H3,(H,14,15)/t8-/m0/s1. The number of halogens is 1. The highest BCUT2D eigenvalue weighted by atomic mass is 79.9. The number of hydrogen-bond donors (Lipinski definition) is 1. The third kappa shape index (κ3) is 4.75. The lowest BCUT2D eigenvalue weighted by molar-refractivity contribution is -0.144. The van der Waals surface area contributed by atoms with Crippen molar-refractivity contribution < 1.29 is 19.1 Å². The lowest BCUT2D eigenvalue weighted by Crippen LogP contribution is -2.41. The van der Waals surface area contributed by atoms with E-state index in [-0.39, 0.29) is 12.5 Å². The van der Waals surface area contributed by atoms with E-state index in [1.54, 1.807) is 25.1 Å². The molecule has 6 heteroatoms. The van der Waals surface area contributed by atoms with E-state index in [1.807, 2.05) is 6.07 Å². The Bertz CT molecular complexity index is 436. The van der Waals surface area contributed by atoms with Crippen LogP contribution >= 0.6 is 15.9 Å². The summed E-state index contributed by atoms with van der Waals surface area (Å²) in [6, 6.07) is 6.45. The maximum absolute atomic E-state index is 11.5. The minimum atomic E-state index is -0.686. The maximum Gasteiger partial charge on any atom is 0.328 e. The number of ether oxygens (including phenoxy) is 2. The van der Waals surface area contributed by atoms with Crippen molar-refractivity contribution in [1.82, 2.24) is 5.32 Å². The third-order valence-electron chi connectivity index (χ3n) is 2.10. The van der Waals surface area contributed by atoms with Crippen LogP contribution in [0, 0.1) is 0 Å². The molecule has 0 spiro atoms. The first kappa shape index (κ1) is 14.5. The van der Waals surface area contributed by atoms with Crippen molar-refractivity contribution in [2.24, 2.45) is 0 Å². The predicted octanol–water partition coefficient (Wildman–Crippen LogP) is 1.51. The first-order valence-electron chi connectivity index (χ1n) is 5.28. The second-order valence-corrected chi connectivity index (χ2v) is 4.47. The number of amides is 1. The number of hydrogen-bond acceptors (Lipinski definition) is 4. The average molecular weight is 316 g/mol. The maximum atomic E-state index is 11.5. The Hall–Kier alpha value is -1.56. The number of benzene rings is 1. The molecule has 18 heavy (non-hydrogen) atoms. The minimum Gasteiger partial charge on any atom is -0.484 e. The predicted molar refractivity (Wildman–Crippen MR) is 69.3 cm³/mol. The van der Waals surface area contributed by atoms with Crippen LogP contribution in [-0.4, -0.2) is 31.6 Å². The summed E-state index contributed by atoms with van der Waals surface area (Å²) in [6.07, 6.45) is 0. The zero-order valence-corrected chi connectivity index (χ0v) is 11.7. The topological polar surface area (TPSA) is 64.6 Å². The molecule has 0 aliphatic heterocycles. The van der Waals surface area contributed by atoms with Gasteiger partial charge in [-0.1, -0.05) is 22.0 Å². The number of esters is 1. The molecule has 0 saturated heterocycles. The van der Waals surface area contributed by atoms with Crippen molar-refractivity contribution >= 4 is 27.8 Å². The van der Waals surface area contributed by atoms with Crippen LogP contribution < -0.4 is 10.1 Å². The molecule has 0 saturated carbocycles. The quantitative estimate of drug-likeness (QED) is 0.836. The monoisotopic (exact) mass is 315 g/mol. The molecule has 0 heterocycles. The van der Waals surface area contributed by atoms with Crippen LogP contribution in [0.1, 0.15) is 6.92 Å². The number of nitrogens with one attached hydrogen (secondary N) is 1. The van der Waals surface area contributed by atoms with Crippen molar-refractivity contribution in [2.45, 2.75) is 13.0 Å². The van der Waals surface area contributed by atoms with E-state index >= 15 is 0 Å². The van der Waals surface area contributed by atoms with E-state index in [4.69, 9.17) is 4.74 Å². The van der Waals surface area contributed by atoms with Gasteiger partial charge in [0.15, 0.2) is 6.61 Å². The van der Waals surface area contributed by atoms with Crippen LogP contribution in [0.2, 0.25) is 0 Å². The van der Waals surface area contributed by atoms with Crippen LogP contribution in [0.25, 0.3) is 0 Å². The van der Waals surface area contributed by atoms with E-state index in [1.165, 1.54) is 7.11 Å². The molecule has 98 valence electrons. The van der Waals surface area contributed by atoms with E-state index < -0.39 is 12.0 Å². The molecule has 0 unspecified atom stereocenters. The molecule has 0 aliphatic carbocycles. The Morgan fingerprint density at radius 3 is 2.78 bits per heavy atom. The summed E-state index contributed by atoms with van der Waals surface area (Å²) < 4.78 is 10.6. The highest BCUT2D eigenvalue weighted by Crippen LogP contribution is 2.17. The van der Waals surface area contributed by atoms with Crippen LogP contribution in [0.5, 0.6) is 5.75 Å². The number of carbonyl (C=O) groups excluding carboxylic acids is 2. The highest BCUT2D eigenvalue weighted by Gasteiger charge is 2.15. The molecular formula is C12H14BrNO4. The minimum absolute atomic E-state index is 0.155. The van der Waals surface area contributed by atoms with Gasteiger partial charge in [-0.3, -0.25) is 4.79 Å². The molecule has 5 nitrogen and oxygen atoms in total. The van der Waals surface area contributed by atoms with Gasteiger partial charge in [-0.2, -0.15) is 0 Å². The van der Waals surface area contributed by atoms with E-state index in [0.717, 1.165) is 4.47 Å². The van der Waals surface area contributed by atoms with Gasteiger partial charge in [-0.15, -0.1) is 0 Å². The Morgan fingerprint density at radius 1 is 1.44 bits per heavy atom. The molecule has 0 radical (unpaired) electrons. The normalized spacial score (nSPS) is 11.5. The zero-order valence-electron chi connectivity index (χ0n) is 10.1. The molecule has 1 aromatic carbocycles. The molecule has 1 amide bonds. The van der Waals surface area contributed by atoms with Crippen molar-refractivity contribution in [3.63, 3.8) is 0 Å². The van der Waals surface area contributed by atoms with Gasteiger partial charge in [0, 0.05) is 4.47 Å². The summed E-state index contributed by atoms with van der Waals surface area (Å²) in [6.45, 7) is 1.39. The van der Waals surface area contributed by atoms with Crippen molar-refractivity contribution in [1.29, 1.82) is 0 Å². The fourth-order valence-corrected chi connectivity index (χ4v) is 1.60. The average Bonchev–Trinajstić information content (AvgIpc) is 2.35. The Balaban J connectivity index is 2.40. The van der Waals surface area contributed by atoms with Gasteiger partial charge >= 0.3 is 5.97 Å². The van der Waals surface area contributed by atoms with Crippen LogP contribution in [0.4, 0.5) is 0 Å². The first-order chi connectivity index (χ1) is 8.52. The SMILES string of the molecule is COC(=O)[C@H](C)NC(=O)COc1cccc(Br)c1. The van der Waals surface area contributed by atoms with Gasteiger partial charge in [0.05, 0.1) is 7.11 Å². The number of rotatable bonds is 5. The van der Waals surface area contributed by atoms with Gasteiger partial charge in [0.1, 0.15) is 11.8 Å². The van der Waals surface area contributed by atoms with Gasteiger partial charge in [-0.05, 0) is 25.1 Å². The first-order valence-corrected chi connectivity index (χ1v) is 6.08. The second-order valence-electron chi connectivity index (χ2n) is 3.56. The third-order valence-corrected chi connectivity index (χ3v) is 2.59. The van der Waals surface area contributed by atoms with Crippen molar-refractivity contribution in [3.05, 3.63) is 28.7 Å². The van der Waals surface area contributed by atoms with E-state index in [9.17, 15) is 9.59 Å². The summed E-state index contributed by atoms with van der Waals surface area (Å²) >= 11 is 3.30. The molecule has 0 bridgehead atoms. The van der Waals surface area contributed by atoms with Gasteiger partial charge in [0.2, 0.25) is 0 Å². The Kier molecular flexibility index (Phi) is 5.64. The lowest BCUT2D eigenvalue weighted by atomic mass is 10.3. The number of methoxy groups -OCH3 is 1. The Morgan fingerprint density at radius 2 is 2.17 bits per heavy atom. The fraction of sp³-hybridized carbons (Fsp3) is 0.333. The molecule has 0 aromatic heterocycles. The molecule has 1 N–H and O–H groups in total. The molecule has 0 fully saturated rings. The smallest absolute Gasteiger partial charge is 0.328 e. The van der Waals surface area contributed by atoms with Crippen LogP contribution in [0.15, 0.2) is 28.7 Å². The summed E-state index contributed by atoms with van der Waals surface area (Å²) in [4.78, 5) is 22.6. The Labute approximate surface area is 114 Å².